The summed E-state index contributed by atoms with van der Waals surface area (Å²) in [5.41, 5.74) is 8.82. The van der Waals surface area contributed by atoms with Gasteiger partial charge in [-0.05, 0) is 47.4 Å². The molecule has 0 saturated heterocycles. The Labute approximate surface area is 211 Å². The number of carbonyl (C=O) groups excluding carboxylic acids is 3. The lowest BCUT2D eigenvalue weighted by Gasteiger charge is -2.37. The molecule has 1 aliphatic heterocycles. The predicted octanol–water partition coefficient (Wildman–Crippen LogP) is 3.32. The number of alkyl halides is 3. The molecule has 2 unspecified atom stereocenters. The molecule has 192 valence electrons. The number of hydrogen-bond acceptors (Lipinski definition) is 4. The summed E-state index contributed by atoms with van der Waals surface area (Å²) in [5.74, 6) is -2.69. The molecule has 0 aliphatic carbocycles. The topological polar surface area (TPSA) is 105 Å². The van der Waals surface area contributed by atoms with Crippen molar-refractivity contribution < 1.29 is 27.6 Å². The summed E-state index contributed by atoms with van der Waals surface area (Å²) in [6.07, 6.45) is -5.86. The Morgan fingerprint density at radius 3 is 2.16 bits per heavy atom. The normalized spacial score (nSPS) is 15.9. The van der Waals surface area contributed by atoms with E-state index in [-0.39, 0.29) is 29.6 Å². The average Bonchev–Trinajstić information content (AvgIpc) is 2.90. The van der Waals surface area contributed by atoms with Crippen LogP contribution >= 0.6 is 0 Å². The first-order chi connectivity index (χ1) is 17.6. The minimum atomic E-state index is -5.05. The minimum absolute atomic E-state index is 0.131. The molecule has 4 rings (SSSR count). The Hall–Kier alpha value is -4.18. The molecule has 0 fully saturated rings. The van der Waals surface area contributed by atoms with Gasteiger partial charge in [0.25, 0.3) is 11.8 Å². The Balaban J connectivity index is 1.43. The Kier molecular flexibility index (Phi) is 7.58. The number of fused-ring (bicyclic) bond motifs is 1. The van der Waals surface area contributed by atoms with E-state index < -0.39 is 24.2 Å². The van der Waals surface area contributed by atoms with Crippen molar-refractivity contribution in [2.75, 3.05) is 6.54 Å². The van der Waals surface area contributed by atoms with Crippen molar-refractivity contribution in [3.63, 3.8) is 0 Å². The summed E-state index contributed by atoms with van der Waals surface area (Å²) >= 11 is 0. The summed E-state index contributed by atoms with van der Waals surface area (Å²) < 4.78 is 37.3. The first-order valence-corrected chi connectivity index (χ1v) is 11.6. The van der Waals surface area contributed by atoms with E-state index in [4.69, 9.17) is 5.73 Å². The molecule has 3 aromatic rings. The minimum Gasteiger partial charge on any atom is -0.350 e. The number of nitrogens with one attached hydrogen (secondary N) is 2. The van der Waals surface area contributed by atoms with E-state index >= 15 is 0 Å². The molecule has 10 heteroatoms. The van der Waals surface area contributed by atoms with Gasteiger partial charge in [-0.25, -0.2) is 0 Å². The molecule has 3 aromatic carbocycles. The van der Waals surface area contributed by atoms with E-state index in [2.05, 4.69) is 5.32 Å². The molecule has 1 heterocycles. The fraction of sp³-hybridized carbons (Fsp3) is 0.222. The number of hydrogen-bond donors (Lipinski definition) is 3. The second-order valence-corrected chi connectivity index (χ2v) is 8.71. The van der Waals surface area contributed by atoms with Gasteiger partial charge in [0.05, 0.1) is 6.04 Å². The number of amides is 3. The van der Waals surface area contributed by atoms with Crippen LogP contribution in [0.5, 0.6) is 0 Å². The highest BCUT2D eigenvalue weighted by Gasteiger charge is 2.39. The van der Waals surface area contributed by atoms with Crippen LogP contribution in [0, 0.1) is 0 Å². The quantitative estimate of drug-likeness (QED) is 0.443. The highest BCUT2D eigenvalue weighted by Crippen LogP contribution is 2.25. The highest BCUT2D eigenvalue weighted by atomic mass is 19.4. The molecule has 0 saturated carbocycles. The summed E-state index contributed by atoms with van der Waals surface area (Å²) in [4.78, 5) is 38.9. The standard InChI is InChI=1S/C27H25F3N4O3/c28-27(29,30)26(37)33-23(31)17-10-12-18(13-11-17)24(35)32-15-22-14-20-8-4-5-9-21(20)16-34(22)25(36)19-6-2-1-3-7-19/h1-13,22-23H,14-16,31H2,(H,32,35)(H,33,37). The second-order valence-electron chi connectivity index (χ2n) is 8.71. The van der Waals surface area contributed by atoms with Gasteiger partial charge in [-0.2, -0.15) is 13.2 Å². The highest BCUT2D eigenvalue weighted by molar-refractivity contribution is 5.95. The van der Waals surface area contributed by atoms with Gasteiger partial charge in [0.15, 0.2) is 0 Å². The third-order valence-electron chi connectivity index (χ3n) is 6.21. The summed E-state index contributed by atoms with van der Waals surface area (Å²) in [7, 11) is 0. The molecule has 1 aliphatic rings. The van der Waals surface area contributed by atoms with Crippen molar-refractivity contribution >= 4 is 17.7 Å². The Morgan fingerprint density at radius 1 is 0.892 bits per heavy atom. The smallest absolute Gasteiger partial charge is 0.350 e. The SMILES string of the molecule is NC(NC(=O)C(F)(F)F)c1ccc(C(=O)NCC2Cc3ccccc3CN2C(=O)c2ccccc2)cc1. The van der Waals surface area contributed by atoms with Crippen LogP contribution in [0.15, 0.2) is 78.9 Å². The maximum Gasteiger partial charge on any atom is 0.471 e. The number of benzene rings is 3. The maximum atomic E-state index is 13.3. The van der Waals surface area contributed by atoms with E-state index in [1.807, 2.05) is 30.3 Å². The fourth-order valence-corrected chi connectivity index (χ4v) is 4.21. The number of rotatable bonds is 6. The zero-order valence-electron chi connectivity index (χ0n) is 19.7. The van der Waals surface area contributed by atoms with Gasteiger partial charge in [-0.1, -0.05) is 54.6 Å². The number of nitrogens with zero attached hydrogens (tertiary/aromatic N) is 1. The first kappa shape index (κ1) is 25.9. The van der Waals surface area contributed by atoms with E-state index in [0.717, 1.165) is 11.1 Å². The van der Waals surface area contributed by atoms with Crippen molar-refractivity contribution in [1.82, 2.24) is 15.5 Å². The lowest BCUT2D eigenvalue weighted by atomic mass is 9.93. The first-order valence-electron chi connectivity index (χ1n) is 11.6. The summed E-state index contributed by atoms with van der Waals surface area (Å²) in [6, 6.07) is 22.1. The van der Waals surface area contributed by atoms with Crippen LogP contribution in [0.4, 0.5) is 13.2 Å². The van der Waals surface area contributed by atoms with Gasteiger partial charge in [0.1, 0.15) is 6.17 Å². The van der Waals surface area contributed by atoms with Crippen LogP contribution in [0.25, 0.3) is 0 Å². The molecular weight excluding hydrogens is 485 g/mol. The third kappa shape index (κ3) is 6.15. The lowest BCUT2D eigenvalue weighted by molar-refractivity contribution is -0.174. The summed E-state index contributed by atoms with van der Waals surface area (Å²) in [6.45, 7) is 0.620. The molecule has 3 amide bonds. The van der Waals surface area contributed by atoms with Crippen molar-refractivity contribution in [2.24, 2.45) is 5.73 Å². The number of nitrogens with two attached hydrogens (primary N) is 1. The van der Waals surface area contributed by atoms with Gasteiger partial charge in [-0.3, -0.25) is 14.4 Å². The fourth-order valence-electron chi connectivity index (χ4n) is 4.21. The van der Waals surface area contributed by atoms with Crippen LogP contribution in [-0.4, -0.2) is 41.4 Å². The lowest BCUT2D eigenvalue weighted by Crippen LogP contribution is -2.50. The van der Waals surface area contributed by atoms with E-state index in [9.17, 15) is 27.6 Å². The zero-order valence-corrected chi connectivity index (χ0v) is 19.7. The molecule has 4 N–H and O–H groups in total. The maximum absolute atomic E-state index is 13.3. The molecule has 0 bridgehead atoms. The van der Waals surface area contributed by atoms with Gasteiger partial charge in [-0.15, -0.1) is 0 Å². The monoisotopic (exact) mass is 510 g/mol. The van der Waals surface area contributed by atoms with Crippen LogP contribution in [0.1, 0.15) is 43.6 Å². The number of halogens is 3. The summed E-state index contributed by atoms with van der Waals surface area (Å²) in [5, 5.41) is 4.52. The predicted molar refractivity (Wildman–Crippen MR) is 130 cm³/mol. The van der Waals surface area contributed by atoms with Gasteiger partial charge >= 0.3 is 12.1 Å². The molecule has 0 spiro atoms. The Morgan fingerprint density at radius 2 is 1.51 bits per heavy atom. The molecule has 7 nitrogen and oxygen atoms in total. The number of carbonyl (C=O) groups is 3. The van der Waals surface area contributed by atoms with Crippen molar-refractivity contribution in [3.8, 4) is 0 Å². The van der Waals surface area contributed by atoms with E-state index in [1.165, 1.54) is 24.3 Å². The molecule has 2 atom stereocenters. The zero-order chi connectivity index (χ0) is 26.6. The van der Waals surface area contributed by atoms with Crippen molar-refractivity contribution in [2.45, 2.75) is 31.3 Å². The average molecular weight is 511 g/mol. The molecular formula is C27H25F3N4O3. The van der Waals surface area contributed by atoms with Gasteiger partial charge < -0.3 is 21.3 Å². The van der Waals surface area contributed by atoms with E-state index in [1.54, 1.807) is 34.5 Å². The largest absolute Gasteiger partial charge is 0.471 e. The van der Waals surface area contributed by atoms with Crippen LogP contribution < -0.4 is 16.4 Å². The molecule has 0 radical (unpaired) electrons. The second kappa shape index (κ2) is 10.8. The molecule has 0 aromatic heterocycles. The molecule has 37 heavy (non-hydrogen) atoms. The van der Waals surface area contributed by atoms with Crippen LogP contribution in [0.2, 0.25) is 0 Å². The van der Waals surface area contributed by atoms with Gasteiger partial charge in [0.2, 0.25) is 0 Å². The van der Waals surface area contributed by atoms with Gasteiger partial charge in [0, 0.05) is 24.2 Å². The van der Waals surface area contributed by atoms with Crippen molar-refractivity contribution in [3.05, 3.63) is 107 Å². The van der Waals surface area contributed by atoms with Crippen LogP contribution in [-0.2, 0) is 17.8 Å². The van der Waals surface area contributed by atoms with Crippen LogP contribution in [0.3, 0.4) is 0 Å². The van der Waals surface area contributed by atoms with E-state index in [0.29, 0.717) is 18.5 Å². The van der Waals surface area contributed by atoms with Crippen molar-refractivity contribution in [1.29, 1.82) is 0 Å². The third-order valence-corrected chi connectivity index (χ3v) is 6.21. The Bertz CT molecular complexity index is 1280.